The summed E-state index contributed by atoms with van der Waals surface area (Å²) in [5, 5.41) is 24.1. The van der Waals surface area contributed by atoms with Gasteiger partial charge >= 0.3 is 0 Å². The summed E-state index contributed by atoms with van der Waals surface area (Å²) >= 11 is 3.43. The highest BCUT2D eigenvalue weighted by atomic mass is 127. The second-order valence-corrected chi connectivity index (χ2v) is 20.7. The number of hydroxylamine groups is 1. The number of anilines is 2. The van der Waals surface area contributed by atoms with Gasteiger partial charge in [-0.3, -0.25) is 24.0 Å². The number of likely N-dealkylation sites (tertiary alicyclic amines) is 1. The Hall–Kier alpha value is -5.42. The number of carbonyl (C=O) groups excluding carboxylic acids is 4. The van der Waals surface area contributed by atoms with Gasteiger partial charge in [0, 0.05) is 41.5 Å². The second kappa shape index (κ2) is 26.5. The number of nitrogens with zero attached hydrogens (tertiary/aromatic N) is 3. The third-order valence-corrected chi connectivity index (χ3v) is 14.6. The molecule has 0 radical (unpaired) electrons. The van der Waals surface area contributed by atoms with Gasteiger partial charge < -0.3 is 36.2 Å². The largest absolute Gasteiger partial charge is 0.391 e. The minimum Gasteiger partial charge on any atom is -0.391 e. The van der Waals surface area contributed by atoms with Crippen molar-refractivity contribution in [2.45, 2.75) is 115 Å². The van der Waals surface area contributed by atoms with Crippen LogP contribution >= 0.6 is 33.9 Å². The molecule has 2 unspecified atom stereocenters. The number of unbranched alkanes of at least 4 members (excludes halogenated alkanes) is 6. The minimum absolute atomic E-state index is 0.117. The molecule has 72 heavy (non-hydrogen) atoms. The van der Waals surface area contributed by atoms with Crippen LogP contribution in [0.3, 0.4) is 0 Å². The lowest BCUT2D eigenvalue weighted by Gasteiger charge is -2.43. The summed E-state index contributed by atoms with van der Waals surface area (Å²) in [7, 11) is 0. The Labute approximate surface area is 435 Å². The van der Waals surface area contributed by atoms with Gasteiger partial charge in [-0.15, -0.1) is 11.3 Å². The number of carbonyl (C=O) groups is 4. The molecule has 0 saturated carbocycles. The van der Waals surface area contributed by atoms with Gasteiger partial charge in [-0.25, -0.2) is 23.6 Å². The standard InChI is InChI=1S/C52H64F3IN8O7S/c1-31(2)45(43-25-32(3)62-71-43)50(68)64-29-37(65)28-52(64,51(57)69)39(34-13-15-35(16-14-34)48-33(4)60-30-72-48)27-44(66)59-23-11-9-7-5-6-8-10-21-58-22-12-24-70-63-49(67)38-18-19-40(53)46(55)47(38)61-42-20-17-36(56)26-41(42)54/h13-20,25-26,30-31,37,39,45,58,61,65H,5-12,21-24,27-29H2,1-4H3,(H2,57,69)(H,59,66)(H,63,67)/t37?,39-,45+,52?/m0/s1. The Morgan fingerprint density at radius 2 is 1.62 bits per heavy atom. The molecule has 2 aromatic heterocycles. The summed E-state index contributed by atoms with van der Waals surface area (Å²) in [6.45, 7) is 9.33. The van der Waals surface area contributed by atoms with Crippen LogP contribution < -0.4 is 27.2 Å². The number of halogens is 4. The van der Waals surface area contributed by atoms with Crippen LogP contribution in [-0.2, 0) is 19.2 Å². The van der Waals surface area contributed by atoms with E-state index in [0.717, 1.165) is 79.8 Å². The Morgan fingerprint density at radius 3 is 2.26 bits per heavy atom. The lowest BCUT2D eigenvalue weighted by atomic mass is 9.73. The first-order valence-electron chi connectivity index (χ1n) is 24.3. The van der Waals surface area contributed by atoms with E-state index in [9.17, 15) is 37.5 Å². The second-order valence-electron chi connectivity index (χ2n) is 18.6. The van der Waals surface area contributed by atoms with E-state index in [0.29, 0.717) is 40.1 Å². The number of amides is 4. The fourth-order valence-corrected chi connectivity index (χ4v) is 10.5. The van der Waals surface area contributed by atoms with Crippen LogP contribution in [0.2, 0.25) is 0 Å². The number of nitrogens with one attached hydrogen (secondary N) is 4. The number of primary amides is 1. The number of aryl methyl sites for hydroxylation is 2. The van der Waals surface area contributed by atoms with Crippen molar-refractivity contribution in [2.24, 2.45) is 11.7 Å². The quantitative estimate of drug-likeness (QED) is 0.0166. The predicted octanol–water partition coefficient (Wildman–Crippen LogP) is 9.10. The predicted molar refractivity (Wildman–Crippen MR) is 278 cm³/mol. The molecule has 388 valence electrons. The topological polar surface area (TPSA) is 214 Å². The van der Waals surface area contributed by atoms with Gasteiger partial charge in [0.25, 0.3) is 5.91 Å². The minimum atomic E-state index is -1.73. The van der Waals surface area contributed by atoms with Crippen molar-refractivity contribution < 1.29 is 46.8 Å². The van der Waals surface area contributed by atoms with Gasteiger partial charge in [-0.1, -0.05) is 75.4 Å². The number of nitrogens with two attached hydrogens (primary N) is 1. The number of benzene rings is 3. The molecular formula is C52H64F3IN8O7S. The summed E-state index contributed by atoms with van der Waals surface area (Å²) in [5.74, 6) is -7.16. The zero-order chi connectivity index (χ0) is 52.0. The third kappa shape index (κ3) is 14.2. The molecule has 4 atom stereocenters. The van der Waals surface area contributed by atoms with Crippen molar-refractivity contribution in [1.82, 2.24) is 31.2 Å². The highest BCUT2D eigenvalue weighted by molar-refractivity contribution is 14.1. The van der Waals surface area contributed by atoms with E-state index in [1.54, 1.807) is 24.6 Å². The molecule has 6 rings (SSSR count). The van der Waals surface area contributed by atoms with Crippen molar-refractivity contribution in [2.75, 3.05) is 38.1 Å². The number of aliphatic hydroxyl groups is 1. The Bertz CT molecular complexity index is 2630. The van der Waals surface area contributed by atoms with Crippen LogP contribution in [0.1, 0.15) is 123 Å². The van der Waals surface area contributed by atoms with E-state index in [4.69, 9.17) is 15.1 Å². The number of hydrogen-bond acceptors (Lipinski definition) is 12. The molecule has 20 heteroatoms. The van der Waals surface area contributed by atoms with Gasteiger partial charge in [0.15, 0.2) is 11.6 Å². The highest BCUT2D eigenvalue weighted by Gasteiger charge is 2.58. The normalized spacial score (nSPS) is 16.5. The molecule has 7 N–H and O–H groups in total. The van der Waals surface area contributed by atoms with Crippen LogP contribution in [0.25, 0.3) is 10.4 Å². The van der Waals surface area contributed by atoms with Crippen molar-refractivity contribution >= 4 is 68.9 Å². The molecule has 1 aliphatic heterocycles. The Morgan fingerprint density at radius 1 is 0.931 bits per heavy atom. The maximum absolute atomic E-state index is 14.7. The van der Waals surface area contributed by atoms with Gasteiger partial charge in [0.1, 0.15) is 23.0 Å². The van der Waals surface area contributed by atoms with E-state index in [1.165, 1.54) is 28.4 Å². The fraction of sp³-hybridized carbons (Fsp3) is 0.462. The molecule has 1 saturated heterocycles. The lowest BCUT2D eigenvalue weighted by Crippen LogP contribution is -2.61. The Kier molecular flexibility index (Phi) is 20.6. The molecule has 3 aromatic carbocycles. The molecule has 15 nitrogen and oxygen atoms in total. The van der Waals surface area contributed by atoms with E-state index < -0.39 is 64.3 Å². The van der Waals surface area contributed by atoms with E-state index >= 15 is 0 Å². The number of hydrogen-bond donors (Lipinski definition) is 6. The summed E-state index contributed by atoms with van der Waals surface area (Å²) in [5.41, 5.74) is 10.8. The van der Waals surface area contributed by atoms with Gasteiger partial charge in [-0.2, -0.15) is 0 Å². The van der Waals surface area contributed by atoms with Crippen LogP contribution in [-0.4, -0.2) is 88.2 Å². The SMILES string of the molecule is Cc1cc([C@H](C(=O)N2CC(O)CC2(C(N)=O)[C@@H](CC(=O)NCCCCCCCCCNCCCONC(=O)c2ccc(F)c(F)c2Nc2ccc(I)cc2F)c2ccc(-c3scnc3C)cc2)C(C)C)on1. The van der Waals surface area contributed by atoms with Crippen LogP contribution in [0.4, 0.5) is 24.5 Å². The van der Waals surface area contributed by atoms with Crippen LogP contribution in [0.15, 0.2) is 70.7 Å². The van der Waals surface area contributed by atoms with Crippen LogP contribution in [0, 0.1) is 40.8 Å². The Balaban J connectivity index is 0.918. The summed E-state index contributed by atoms with van der Waals surface area (Å²) < 4.78 is 49.4. The molecular weight excluding hydrogens is 1060 g/mol. The number of aromatic nitrogens is 2. The maximum atomic E-state index is 14.7. The fourth-order valence-electron chi connectivity index (χ4n) is 9.27. The number of thiazole rings is 1. The van der Waals surface area contributed by atoms with E-state index in [-0.39, 0.29) is 49.1 Å². The average Bonchev–Trinajstić information content (AvgIpc) is 4.08. The van der Waals surface area contributed by atoms with E-state index in [2.05, 4.69) is 31.6 Å². The average molecular weight is 1130 g/mol. The van der Waals surface area contributed by atoms with Crippen molar-refractivity contribution in [3.63, 3.8) is 0 Å². The first kappa shape index (κ1) is 55.9. The zero-order valence-electron chi connectivity index (χ0n) is 41.0. The lowest BCUT2D eigenvalue weighted by molar-refractivity contribution is -0.148. The molecule has 1 aliphatic rings. The van der Waals surface area contributed by atoms with Gasteiger partial charge in [0.2, 0.25) is 17.7 Å². The third-order valence-electron chi connectivity index (χ3n) is 12.9. The van der Waals surface area contributed by atoms with E-state index in [1.807, 2.05) is 67.6 Å². The molecule has 4 amide bonds. The first-order chi connectivity index (χ1) is 34.5. The summed E-state index contributed by atoms with van der Waals surface area (Å²) in [4.78, 5) is 67.3. The van der Waals surface area contributed by atoms with Crippen molar-refractivity contribution in [3.05, 3.63) is 115 Å². The summed E-state index contributed by atoms with van der Waals surface area (Å²) in [6, 6.07) is 15.3. The zero-order valence-corrected chi connectivity index (χ0v) is 44.0. The summed E-state index contributed by atoms with van der Waals surface area (Å²) in [6.07, 6.45) is 5.97. The highest BCUT2D eigenvalue weighted by Crippen LogP contribution is 2.46. The molecule has 0 aliphatic carbocycles. The molecule has 3 heterocycles. The maximum Gasteiger partial charge on any atom is 0.277 e. The molecule has 0 bridgehead atoms. The van der Waals surface area contributed by atoms with Crippen molar-refractivity contribution in [1.29, 1.82) is 0 Å². The van der Waals surface area contributed by atoms with Crippen LogP contribution in [0.5, 0.6) is 0 Å². The molecule has 5 aromatic rings. The van der Waals surface area contributed by atoms with Gasteiger partial charge in [0.05, 0.1) is 51.4 Å². The number of rotatable bonds is 27. The number of β-amino-alcohol motifs (C(OH)–C–C–N with tert-alkyl or cyclic N) is 1. The van der Waals surface area contributed by atoms with Crippen molar-refractivity contribution in [3.8, 4) is 10.4 Å². The smallest absolute Gasteiger partial charge is 0.277 e. The molecule has 0 spiro atoms. The first-order valence-corrected chi connectivity index (χ1v) is 26.3. The monoisotopic (exact) mass is 1130 g/mol. The molecule has 1 fully saturated rings. The number of aliphatic hydroxyl groups excluding tert-OH is 1. The van der Waals surface area contributed by atoms with Gasteiger partial charge in [-0.05, 0) is 116 Å².